The normalized spacial score (nSPS) is 18.6. The molecule has 1 atom stereocenters. The van der Waals surface area contributed by atoms with E-state index >= 15 is 0 Å². The molecule has 1 fully saturated rings. The summed E-state index contributed by atoms with van der Waals surface area (Å²) in [5, 5.41) is 4.66. The lowest BCUT2D eigenvalue weighted by molar-refractivity contribution is 0.153. The monoisotopic (exact) mass is 336 g/mol. The van der Waals surface area contributed by atoms with Gasteiger partial charge in [0.15, 0.2) is 0 Å². The van der Waals surface area contributed by atoms with Crippen LogP contribution in [0.1, 0.15) is 16.6 Å². The van der Waals surface area contributed by atoms with Gasteiger partial charge in [0.1, 0.15) is 5.01 Å². The van der Waals surface area contributed by atoms with Crippen molar-refractivity contribution >= 4 is 11.3 Å². The molecule has 1 aliphatic heterocycles. The Labute approximate surface area is 146 Å². The molecule has 0 bridgehead atoms. The SMILES string of the molecule is c1ccc(-c2cnc(CN3CCNCC3c3cccnc3)s2)cc1. The van der Waals surface area contributed by atoms with Gasteiger partial charge in [0, 0.05) is 44.3 Å². The molecule has 0 aliphatic carbocycles. The van der Waals surface area contributed by atoms with E-state index in [-0.39, 0.29) is 0 Å². The second-order valence-electron chi connectivity index (χ2n) is 5.96. The van der Waals surface area contributed by atoms with Crippen LogP contribution in [0, 0.1) is 0 Å². The van der Waals surface area contributed by atoms with E-state index in [0.717, 1.165) is 26.2 Å². The van der Waals surface area contributed by atoms with Crippen molar-refractivity contribution in [1.82, 2.24) is 20.2 Å². The molecule has 3 heterocycles. The lowest BCUT2D eigenvalue weighted by atomic mass is 10.1. The first-order valence-corrected chi connectivity index (χ1v) is 9.06. The summed E-state index contributed by atoms with van der Waals surface area (Å²) in [6.07, 6.45) is 5.80. The third kappa shape index (κ3) is 3.38. The molecule has 4 nitrogen and oxygen atoms in total. The molecule has 5 heteroatoms. The Balaban J connectivity index is 1.52. The van der Waals surface area contributed by atoms with Crippen molar-refractivity contribution in [3.63, 3.8) is 0 Å². The molecular formula is C19H20N4S. The number of rotatable bonds is 4. The number of hydrogen-bond donors (Lipinski definition) is 1. The van der Waals surface area contributed by atoms with Crippen LogP contribution in [0.15, 0.2) is 61.1 Å². The molecule has 0 saturated carbocycles. The molecule has 4 rings (SSSR count). The topological polar surface area (TPSA) is 41.1 Å². The van der Waals surface area contributed by atoms with Gasteiger partial charge in [-0.3, -0.25) is 9.88 Å². The van der Waals surface area contributed by atoms with E-state index in [1.165, 1.54) is 21.0 Å². The van der Waals surface area contributed by atoms with Gasteiger partial charge < -0.3 is 5.32 Å². The Morgan fingerprint density at radius 1 is 1.12 bits per heavy atom. The summed E-state index contributed by atoms with van der Waals surface area (Å²) in [6, 6.07) is 15.0. The molecule has 1 aliphatic rings. The van der Waals surface area contributed by atoms with Crippen molar-refractivity contribution in [2.24, 2.45) is 0 Å². The molecule has 1 unspecified atom stereocenters. The standard InChI is InChI=1S/C19H20N4S/c1-2-5-15(6-3-1)18-13-22-19(24-18)14-23-10-9-21-12-17(23)16-7-4-8-20-11-16/h1-8,11,13,17,21H,9-10,12,14H2. The van der Waals surface area contributed by atoms with Crippen molar-refractivity contribution in [3.05, 3.63) is 71.6 Å². The summed E-state index contributed by atoms with van der Waals surface area (Å²) in [5.74, 6) is 0. The predicted octanol–water partition coefficient (Wildman–Crippen LogP) is 3.35. The third-order valence-electron chi connectivity index (χ3n) is 4.37. The molecular weight excluding hydrogens is 316 g/mol. The average Bonchev–Trinajstić information content (AvgIpc) is 3.12. The van der Waals surface area contributed by atoms with Crippen LogP contribution in [0.4, 0.5) is 0 Å². The second-order valence-corrected chi connectivity index (χ2v) is 7.08. The molecule has 0 spiro atoms. The summed E-state index contributed by atoms with van der Waals surface area (Å²) in [6.45, 7) is 3.90. The van der Waals surface area contributed by atoms with Crippen molar-refractivity contribution in [2.45, 2.75) is 12.6 Å². The first-order chi connectivity index (χ1) is 11.9. The lowest BCUT2D eigenvalue weighted by Gasteiger charge is -2.35. The number of hydrogen-bond acceptors (Lipinski definition) is 5. The van der Waals surface area contributed by atoms with Crippen LogP contribution in [-0.2, 0) is 6.54 Å². The number of aromatic nitrogens is 2. The average molecular weight is 336 g/mol. The maximum Gasteiger partial charge on any atom is 0.107 e. The predicted molar refractivity (Wildman–Crippen MR) is 97.8 cm³/mol. The molecule has 24 heavy (non-hydrogen) atoms. The highest BCUT2D eigenvalue weighted by molar-refractivity contribution is 7.15. The Kier molecular flexibility index (Phi) is 4.64. The minimum atomic E-state index is 0.358. The maximum atomic E-state index is 4.66. The smallest absolute Gasteiger partial charge is 0.107 e. The Hall–Kier alpha value is -2.08. The van der Waals surface area contributed by atoms with E-state index in [0.29, 0.717) is 6.04 Å². The quantitative estimate of drug-likeness (QED) is 0.793. The Bertz CT molecular complexity index is 772. The largest absolute Gasteiger partial charge is 0.314 e. The van der Waals surface area contributed by atoms with Crippen LogP contribution in [0.25, 0.3) is 10.4 Å². The molecule has 0 radical (unpaired) electrons. The van der Waals surface area contributed by atoms with E-state index < -0.39 is 0 Å². The first kappa shape index (κ1) is 15.4. The van der Waals surface area contributed by atoms with Gasteiger partial charge in [0.05, 0.1) is 11.4 Å². The Morgan fingerprint density at radius 3 is 2.88 bits per heavy atom. The fourth-order valence-corrected chi connectivity index (χ4v) is 4.08. The van der Waals surface area contributed by atoms with E-state index in [1.807, 2.05) is 30.7 Å². The van der Waals surface area contributed by atoms with Crippen molar-refractivity contribution in [3.8, 4) is 10.4 Å². The molecule has 122 valence electrons. The second kappa shape index (κ2) is 7.21. The molecule has 0 amide bonds. The summed E-state index contributed by atoms with van der Waals surface area (Å²) < 4.78 is 0. The summed E-state index contributed by atoms with van der Waals surface area (Å²) >= 11 is 1.79. The van der Waals surface area contributed by atoms with Crippen LogP contribution in [0.3, 0.4) is 0 Å². The van der Waals surface area contributed by atoms with Crippen molar-refractivity contribution in [1.29, 1.82) is 0 Å². The Morgan fingerprint density at radius 2 is 2.04 bits per heavy atom. The summed E-state index contributed by atoms with van der Waals surface area (Å²) in [7, 11) is 0. The molecule has 2 aromatic heterocycles. The number of pyridine rings is 1. The maximum absolute atomic E-state index is 4.66. The minimum absolute atomic E-state index is 0.358. The zero-order valence-corrected chi connectivity index (χ0v) is 14.2. The molecule has 3 aromatic rings. The number of thiazole rings is 1. The fraction of sp³-hybridized carbons (Fsp3) is 0.263. The van der Waals surface area contributed by atoms with Crippen molar-refractivity contribution in [2.75, 3.05) is 19.6 Å². The zero-order chi connectivity index (χ0) is 16.2. The zero-order valence-electron chi connectivity index (χ0n) is 13.4. The summed E-state index contributed by atoms with van der Waals surface area (Å²) in [5.41, 5.74) is 2.51. The fourth-order valence-electron chi connectivity index (χ4n) is 3.13. The van der Waals surface area contributed by atoms with Crippen LogP contribution in [0.5, 0.6) is 0 Å². The van der Waals surface area contributed by atoms with Crippen LogP contribution in [-0.4, -0.2) is 34.5 Å². The molecule has 1 N–H and O–H groups in total. The van der Waals surface area contributed by atoms with Gasteiger partial charge in [0.2, 0.25) is 0 Å². The lowest BCUT2D eigenvalue weighted by Crippen LogP contribution is -2.45. The minimum Gasteiger partial charge on any atom is -0.314 e. The van der Waals surface area contributed by atoms with E-state index in [9.17, 15) is 0 Å². The number of piperazine rings is 1. The first-order valence-electron chi connectivity index (χ1n) is 8.25. The van der Waals surface area contributed by atoms with E-state index in [1.54, 1.807) is 11.3 Å². The number of benzene rings is 1. The molecule has 1 saturated heterocycles. The van der Waals surface area contributed by atoms with Gasteiger partial charge in [-0.1, -0.05) is 36.4 Å². The van der Waals surface area contributed by atoms with Crippen molar-refractivity contribution < 1.29 is 0 Å². The van der Waals surface area contributed by atoms with Crippen LogP contribution >= 0.6 is 11.3 Å². The van der Waals surface area contributed by atoms with Gasteiger partial charge in [-0.15, -0.1) is 11.3 Å². The van der Waals surface area contributed by atoms with Gasteiger partial charge in [-0.05, 0) is 17.2 Å². The van der Waals surface area contributed by atoms with Crippen LogP contribution < -0.4 is 5.32 Å². The van der Waals surface area contributed by atoms with Gasteiger partial charge in [0.25, 0.3) is 0 Å². The highest BCUT2D eigenvalue weighted by atomic mass is 32.1. The third-order valence-corrected chi connectivity index (χ3v) is 5.40. The number of nitrogens with zero attached hydrogens (tertiary/aromatic N) is 3. The summed E-state index contributed by atoms with van der Waals surface area (Å²) in [4.78, 5) is 12.7. The molecule has 1 aromatic carbocycles. The van der Waals surface area contributed by atoms with E-state index in [4.69, 9.17) is 0 Å². The van der Waals surface area contributed by atoms with E-state index in [2.05, 4.69) is 50.5 Å². The van der Waals surface area contributed by atoms with Gasteiger partial charge in [-0.2, -0.15) is 0 Å². The van der Waals surface area contributed by atoms with Crippen LogP contribution in [0.2, 0.25) is 0 Å². The van der Waals surface area contributed by atoms with Gasteiger partial charge in [-0.25, -0.2) is 4.98 Å². The highest BCUT2D eigenvalue weighted by Gasteiger charge is 2.24. The highest BCUT2D eigenvalue weighted by Crippen LogP contribution is 2.29. The van der Waals surface area contributed by atoms with Gasteiger partial charge >= 0.3 is 0 Å². The number of nitrogens with one attached hydrogen (secondary N) is 1.